The Morgan fingerprint density at radius 1 is 1.12 bits per heavy atom. The zero-order chi connectivity index (χ0) is 17.3. The SMILES string of the molecule is NC(N)=NC(=O)c1ccc2cccc(-c3cc(F)ncc3Cl)c2c1. The molecule has 0 atom stereocenters. The van der Waals surface area contributed by atoms with Gasteiger partial charge in [-0.2, -0.15) is 9.38 Å². The van der Waals surface area contributed by atoms with E-state index in [4.69, 9.17) is 23.1 Å². The van der Waals surface area contributed by atoms with E-state index in [1.54, 1.807) is 24.3 Å². The predicted molar refractivity (Wildman–Crippen MR) is 92.3 cm³/mol. The molecule has 0 bridgehead atoms. The van der Waals surface area contributed by atoms with Gasteiger partial charge in [-0.15, -0.1) is 0 Å². The van der Waals surface area contributed by atoms with Crippen molar-refractivity contribution in [1.29, 1.82) is 0 Å². The zero-order valence-electron chi connectivity index (χ0n) is 12.3. The molecule has 2 aromatic carbocycles. The Balaban J connectivity index is 2.24. The van der Waals surface area contributed by atoms with Crippen molar-refractivity contribution in [3.05, 3.63) is 65.2 Å². The van der Waals surface area contributed by atoms with Crippen molar-refractivity contribution in [2.24, 2.45) is 16.5 Å². The molecular formula is C17H12ClFN4O. The molecule has 3 aromatic rings. The van der Waals surface area contributed by atoms with E-state index in [0.717, 1.165) is 10.8 Å². The molecule has 0 saturated carbocycles. The van der Waals surface area contributed by atoms with Gasteiger partial charge < -0.3 is 11.5 Å². The Bertz CT molecular complexity index is 983. The number of hydrogen-bond donors (Lipinski definition) is 2. The third kappa shape index (κ3) is 3.04. The van der Waals surface area contributed by atoms with Crippen LogP contribution in [-0.4, -0.2) is 16.9 Å². The molecule has 0 aliphatic heterocycles. The number of carbonyl (C=O) groups excluding carboxylic acids is 1. The first kappa shape index (κ1) is 15.9. The molecule has 5 nitrogen and oxygen atoms in total. The van der Waals surface area contributed by atoms with Gasteiger partial charge in [0.1, 0.15) is 0 Å². The summed E-state index contributed by atoms with van der Waals surface area (Å²) in [6.45, 7) is 0. The fraction of sp³-hybridized carbons (Fsp3) is 0. The van der Waals surface area contributed by atoms with Gasteiger partial charge in [0.05, 0.1) is 5.02 Å². The van der Waals surface area contributed by atoms with E-state index in [2.05, 4.69) is 9.98 Å². The minimum atomic E-state index is -0.640. The van der Waals surface area contributed by atoms with E-state index in [-0.39, 0.29) is 5.96 Å². The van der Waals surface area contributed by atoms with Crippen LogP contribution in [0.25, 0.3) is 21.9 Å². The van der Waals surface area contributed by atoms with Gasteiger partial charge in [0.15, 0.2) is 5.96 Å². The minimum Gasteiger partial charge on any atom is -0.370 e. The summed E-state index contributed by atoms with van der Waals surface area (Å²) >= 11 is 6.15. The maximum Gasteiger partial charge on any atom is 0.280 e. The number of aliphatic imine (C=N–C) groups is 1. The molecular weight excluding hydrogens is 331 g/mol. The van der Waals surface area contributed by atoms with Gasteiger partial charge >= 0.3 is 0 Å². The molecule has 0 spiro atoms. The molecule has 120 valence electrons. The number of benzene rings is 2. The standard InChI is InChI=1S/C17H12ClFN4O/c18-14-8-22-15(19)7-13(14)11-3-1-2-9-4-5-10(6-12(9)11)16(24)23-17(20)21/h1-8H,(H4,20,21,23,24). The van der Waals surface area contributed by atoms with Crippen LogP contribution in [0.5, 0.6) is 0 Å². The first-order valence-electron chi connectivity index (χ1n) is 6.94. The second-order valence-corrected chi connectivity index (χ2v) is 5.48. The lowest BCUT2D eigenvalue weighted by Crippen LogP contribution is -2.24. The van der Waals surface area contributed by atoms with Crippen LogP contribution >= 0.6 is 11.6 Å². The number of rotatable bonds is 2. The monoisotopic (exact) mass is 342 g/mol. The van der Waals surface area contributed by atoms with Crippen LogP contribution in [0.4, 0.5) is 4.39 Å². The normalized spacial score (nSPS) is 10.6. The van der Waals surface area contributed by atoms with Crippen molar-refractivity contribution in [2.45, 2.75) is 0 Å². The van der Waals surface area contributed by atoms with Crippen molar-refractivity contribution in [1.82, 2.24) is 4.98 Å². The van der Waals surface area contributed by atoms with Gasteiger partial charge in [0, 0.05) is 23.4 Å². The zero-order valence-corrected chi connectivity index (χ0v) is 13.1. The van der Waals surface area contributed by atoms with Crippen molar-refractivity contribution in [2.75, 3.05) is 0 Å². The van der Waals surface area contributed by atoms with Gasteiger partial charge in [-0.05, 0) is 28.5 Å². The molecule has 0 radical (unpaired) electrons. The van der Waals surface area contributed by atoms with E-state index in [9.17, 15) is 9.18 Å². The number of nitrogens with two attached hydrogens (primary N) is 2. The van der Waals surface area contributed by atoms with E-state index in [1.165, 1.54) is 12.3 Å². The lowest BCUT2D eigenvalue weighted by atomic mass is 9.97. The molecule has 1 amide bonds. The number of hydrogen-bond acceptors (Lipinski definition) is 2. The van der Waals surface area contributed by atoms with E-state index < -0.39 is 11.9 Å². The molecule has 3 rings (SSSR count). The molecule has 0 saturated heterocycles. The van der Waals surface area contributed by atoms with Crippen LogP contribution in [0.1, 0.15) is 10.4 Å². The molecule has 0 aliphatic carbocycles. The molecule has 1 heterocycles. The second kappa shape index (κ2) is 6.25. The Kier molecular flexibility index (Phi) is 4.14. The average molecular weight is 343 g/mol. The van der Waals surface area contributed by atoms with E-state index >= 15 is 0 Å². The maximum absolute atomic E-state index is 13.5. The van der Waals surface area contributed by atoms with Crippen LogP contribution in [0.15, 0.2) is 53.7 Å². The maximum atomic E-state index is 13.5. The second-order valence-electron chi connectivity index (χ2n) is 5.07. The number of aromatic nitrogens is 1. The number of amides is 1. The molecule has 24 heavy (non-hydrogen) atoms. The van der Waals surface area contributed by atoms with Crippen LogP contribution in [0.3, 0.4) is 0 Å². The summed E-state index contributed by atoms with van der Waals surface area (Å²) in [5.41, 5.74) is 12.0. The first-order valence-corrected chi connectivity index (χ1v) is 7.31. The minimum absolute atomic E-state index is 0.310. The van der Waals surface area contributed by atoms with Crippen molar-refractivity contribution >= 4 is 34.2 Å². The Morgan fingerprint density at radius 3 is 2.67 bits per heavy atom. The van der Waals surface area contributed by atoms with Crippen LogP contribution in [-0.2, 0) is 0 Å². The highest BCUT2D eigenvalue weighted by atomic mass is 35.5. The summed E-state index contributed by atoms with van der Waals surface area (Å²) in [4.78, 5) is 19.1. The molecule has 0 aliphatic rings. The first-order chi connectivity index (χ1) is 11.5. The lowest BCUT2D eigenvalue weighted by molar-refractivity contribution is 0.100. The smallest absolute Gasteiger partial charge is 0.280 e. The largest absolute Gasteiger partial charge is 0.370 e. The number of carbonyl (C=O) groups is 1. The average Bonchev–Trinajstić information content (AvgIpc) is 2.55. The number of fused-ring (bicyclic) bond motifs is 1. The highest BCUT2D eigenvalue weighted by molar-refractivity contribution is 6.33. The van der Waals surface area contributed by atoms with Gasteiger partial charge in [-0.1, -0.05) is 35.9 Å². The summed E-state index contributed by atoms with van der Waals surface area (Å²) in [5, 5.41) is 1.90. The quantitative estimate of drug-likeness (QED) is 0.425. The molecule has 0 unspecified atom stereocenters. The molecule has 1 aromatic heterocycles. The fourth-order valence-corrected chi connectivity index (χ4v) is 2.65. The molecule has 0 fully saturated rings. The van der Waals surface area contributed by atoms with Crippen molar-refractivity contribution < 1.29 is 9.18 Å². The Hall–Kier alpha value is -2.99. The highest BCUT2D eigenvalue weighted by Gasteiger charge is 2.12. The summed E-state index contributed by atoms with van der Waals surface area (Å²) < 4.78 is 13.5. The van der Waals surface area contributed by atoms with Crippen LogP contribution in [0.2, 0.25) is 5.02 Å². The van der Waals surface area contributed by atoms with Gasteiger partial charge in [0.25, 0.3) is 5.91 Å². The van der Waals surface area contributed by atoms with Gasteiger partial charge in [-0.25, -0.2) is 4.98 Å². The van der Waals surface area contributed by atoms with E-state index in [0.29, 0.717) is 21.7 Å². The third-order valence-corrected chi connectivity index (χ3v) is 3.77. The highest BCUT2D eigenvalue weighted by Crippen LogP contribution is 2.34. The van der Waals surface area contributed by atoms with Crippen molar-refractivity contribution in [3.8, 4) is 11.1 Å². The summed E-state index contributed by atoms with van der Waals surface area (Å²) in [6, 6.07) is 11.8. The predicted octanol–water partition coefficient (Wildman–Crippen LogP) is 3.11. The van der Waals surface area contributed by atoms with Crippen molar-refractivity contribution in [3.63, 3.8) is 0 Å². The molecule has 4 N–H and O–H groups in total. The summed E-state index contributed by atoms with van der Waals surface area (Å²) in [7, 11) is 0. The summed E-state index contributed by atoms with van der Waals surface area (Å²) in [5.74, 6) is -1.51. The third-order valence-electron chi connectivity index (χ3n) is 3.47. The topological polar surface area (TPSA) is 94.4 Å². The lowest BCUT2D eigenvalue weighted by Gasteiger charge is -2.09. The van der Waals surface area contributed by atoms with E-state index in [1.807, 2.05) is 12.1 Å². The Labute approximate surface area is 141 Å². The van der Waals surface area contributed by atoms with Crippen LogP contribution < -0.4 is 11.5 Å². The number of halogens is 2. The molecule has 7 heteroatoms. The van der Waals surface area contributed by atoms with Gasteiger partial charge in [-0.3, -0.25) is 4.79 Å². The fourth-order valence-electron chi connectivity index (χ4n) is 2.44. The summed E-state index contributed by atoms with van der Waals surface area (Å²) in [6.07, 6.45) is 1.25. The number of pyridine rings is 1. The number of guanidine groups is 1. The number of nitrogens with zero attached hydrogens (tertiary/aromatic N) is 2. The van der Waals surface area contributed by atoms with Crippen LogP contribution in [0, 0.1) is 5.95 Å². The Morgan fingerprint density at radius 2 is 1.92 bits per heavy atom. The van der Waals surface area contributed by atoms with Gasteiger partial charge in [0.2, 0.25) is 5.95 Å².